The summed E-state index contributed by atoms with van der Waals surface area (Å²) in [7, 11) is 1.98. The minimum absolute atomic E-state index is 0.0477. The highest BCUT2D eigenvalue weighted by Gasteiger charge is 2.16. The lowest BCUT2D eigenvalue weighted by atomic mass is 10.1. The lowest BCUT2D eigenvalue weighted by Crippen LogP contribution is -2.36. The van der Waals surface area contributed by atoms with Gasteiger partial charge in [-0.3, -0.25) is 4.79 Å². The minimum atomic E-state index is -0.0477. The summed E-state index contributed by atoms with van der Waals surface area (Å²) in [5.74, 6) is 0. The van der Waals surface area contributed by atoms with Crippen molar-refractivity contribution in [2.24, 2.45) is 7.05 Å². The van der Waals surface area contributed by atoms with Gasteiger partial charge in [0.25, 0.3) is 5.56 Å². The highest BCUT2D eigenvalue weighted by Crippen LogP contribution is 2.31. The lowest BCUT2D eigenvalue weighted by Gasteiger charge is -2.28. The summed E-state index contributed by atoms with van der Waals surface area (Å²) in [6.07, 6.45) is 5.81. The van der Waals surface area contributed by atoms with E-state index >= 15 is 0 Å². The van der Waals surface area contributed by atoms with Crippen molar-refractivity contribution in [3.63, 3.8) is 0 Å². The van der Waals surface area contributed by atoms with Crippen LogP contribution in [0.25, 0.3) is 22.2 Å². The van der Waals surface area contributed by atoms with Crippen LogP contribution in [0, 0.1) is 6.92 Å². The maximum atomic E-state index is 12.9. The average Bonchev–Trinajstić information content (AvgIpc) is 3.14. The summed E-state index contributed by atoms with van der Waals surface area (Å²) in [4.78, 5) is 19.9. The van der Waals surface area contributed by atoms with Gasteiger partial charge in [0.15, 0.2) is 0 Å². The van der Waals surface area contributed by atoms with E-state index in [0.29, 0.717) is 11.6 Å². The molecule has 5 rings (SSSR count). The van der Waals surface area contributed by atoms with Gasteiger partial charge in [-0.2, -0.15) is 0 Å². The van der Waals surface area contributed by atoms with Gasteiger partial charge in [-0.15, -0.1) is 0 Å². The van der Waals surface area contributed by atoms with Crippen LogP contribution in [0.2, 0.25) is 5.02 Å². The Morgan fingerprint density at radius 3 is 2.69 bits per heavy atom. The van der Waals surface area contributed by atoms with Gasteiger partial charge >= 0.3 is 0 Å². The zero-order chi connectivity index (χ0) is 22.2. The van der Waals surface area contributed by atoms with Crippen LogP contribution >= 0.6 is 11.6 Å². The van der Waals surface area contributed by atoms with E-state index in [4.69, 9.17) is 21.3 Å². The number of benzene rings is 1. The first-order valence-electron chi connectivity index (χ1n) is 10.7. The van der Waals surface area contributed by atoms with Crippen molar-refractivity contribution < 1.29 is 4.74 Å². The van der Waals surface area contributed by atoms with Crippen LogP contribution < -0.4 is 10.5 Å². The van der Waals surface area contributed by atoms with Crippen LogP contribution in [-0.2, 0) is 18.3 Å². The SMILES string of the molecule is Cc1ccc(Cn2ccc(-c3cn(C)c4ncc(N5CCOCC5)cc34)cc2=O)cc1Cl. The molecule has 4 aromatic rings. The minimum Gasteiger partial charge on any atom is -0.378 e. The summed E-state index contributed by atoms with van der Waals surface area (Å²) in [6, 6.07) is 11.8. The van der Waals surface area contributed by atoms with Crippen LogP contribution in [0.4, 0.5) is 5.69 Å². The number of ether oxygens (including phenoxy) is 1. The quantitative estimate of drug-likeness (QED) is 0.468. The molecule has 6 nitrogen and oxygen atoms in total. The van der Waals surface area contributed by atoms with Crippen LogP contribution in [0.15, 0.2) is 59.8 Å². The molecule has 1 fully saturated rings. The molecule has 3 aromatic heterocycles. The molecule has 0 spiro atoms. The normalized spacial score (nSPS) is 14.3. The third-order valence-electron chi connectivity index (χ3n) is 6.07. The zero-order valence-corrected chi connectivity index (χ0v) is 19.0. The van der Waals surface area contributed by atoms with Crippen molar-refractivity contribution in [2.75, 3.05) is 31.2 Å². The van der Waals surface area contributed by atoms with Crippen molar-refractivity contribution in [3.05, 3.63) is 81.5 Å². The molecular weight excluding hydrogens is 424 g/mol. The van der Waals surface area contributed by atoms with Gasteiger partial charge in [-0.05, 0) is 41.8 Å². The smallest absolute Gasteiger partial charge is 0.251 e. The molecule has 0 saturated carbocycles. The number of halogens is 1. The van der Waals surface area contributed by atoms with E-state index in [1.165, 1.54) is 0 Å². The Kier molecular flexibility index (Phi) is 5.49. The van der Waals surface area contributed by atoms with E-state index in [-0.39, 0.29) is 5.56 Å². The van der Waals surface area contributed by atoms with E-state index in [1.807, 2.05) is 61.4 Å². The number of aryl methyl sites for hydroxylation is 2. The first-order valence-corrected chi connectivity index (χ1v) is 11.1. The van der Waals surface area contributed by atoms with Crippen LogP contribution in [0.1, 0.15) is 11.1 Å². The fourth-order valence-corrected chi connectivity index (χ4v) is 4.42. The number of morpholine rings is 1. The van der Waals surface area contributed by atoms with Gasteiger partial charge < -0.3 is 18.8 Å². The Bertz CT molecular complexity index is 1350. The molecule has 0 radical (unpaired) electrons. The highest BCUT2D eigenvalue weighted by molar-refractivity contribution is 6.31. The van der Waals surface area contributed by atoms with Crippen LogP contribution in [0.3, 0.4) is 0 Å². The predicted molar refractivity (Wildman–Crippen MR) is 129 cm³/mol. The Hall–Kier alpha value is -3.09. The number of pyridine rings is 2. The van der Waals surface area contributed by atoms with E-state index < -0.39 is 0 Å². The number of hydrogen-bond donors (Lipinski definition) is 0. The molecule has 1 aromatic carbocycles. The Morgan fingerprint density at radius 1 is 1.12 bits per heavy atom. The van der Waals surface area contributed by atoms with Crippen molar-refractivity contribution in [2.45, 2.75) is 13.5 Å². The second-order valence-corrected chi connectivity index (χ2v) is 8.69. The molecular formula is C25H25ClN4O2. The number of nitrogens with zero attached hydrogens (tertiary/aromatic N) is 4. The number of aromatic nitrogens is 3. The van der Waals surface area contributed by atoms with E-state index in [2.05, 4.69) is 11.0 Å². The lowest BCUT2D eigenvalue weighted by molar-refractivity contribution is 0.122. The van der Waals surface area contributed by atoms with Crippen LogP contribution in [-0.4, -0.2) is 40.4 Å². The van der Waals surface area contributed by atoms with Crippen molar-refractivity contribution in [3.8, 4) is 11.1 Å². The summed E-state index contributed by atoms with van der Waals surface area (Å²) in [5.41, 5.74) is 5.85. The van der Waals surface area contributed by atoms with Gasteiger partial charge in [0.1, 0.15) is 5.65 Å². The van der Waals surface area contributed by atoms with Crippen molar-refractivity contribution in [1.29, 1.82) is 0 Å². The molecule has 0 unspecified atom stereocenters. The van der Waals surface area contributed by atoms with Gasteiger partial charge in [0.2, 0.25) is 0 Å². The monoisotopic (exact) mass is 448 g/mol. The third kappa shape index (κ3) is 3.92. The number of fused-ring (bicyclic) bond motifs is 1. The summed E-state index contributed by atoms with van der Waals surface area (Å²) >= 11 is 6.25. The van der Waals surface area contributed by atoms with Gasteiger partial charge in [-0.1, -0.05) is 23.7 Å². The highest BCUT2D eigenvalue weighted by atomic mass is 35.5. The average molecular weight is 449 g/mol. The molecule has 0 amide bonds. The van der Waals surface area contributed by atoms with E-state index in [1.54, 1.807) is 10.6 Å². The maximum absolute atomic E-state index is 12.9. The molecule has 1 aliphatic rings. The van der Waals surface area contributed by atoms with Gasteiger partial charge in [-0.25, -0.2) is 4.98 Å². The molecule has 0 atom stereocenters. The zero-order valence-electron chi connectivity index (χ0n) is 18.2. The Labute approximate surface area is 191 Å². The number of hydrogen-bond acceptors (Lipinski definition) is 4. The maximum Gasteiger partial charge on any atom is 0.251 e. The third-order valence-corrected chi connectivity index (χ3v) is 6.48. The standard InChI is InChI=1S/C25H25ClN4O2/c1-17-3-4-18(11-23(17)26)15-30-6-5-19(12-24(30)31)22-16-28(2)25-21(22)13-20(14-27-25)29-7-9-32-10-8-29/h3-6,11-14,16H,7-10,15H2,1-2H3. The van der Waals surface area contributed by atoms with E-state index in [9.17, 15) is 4.79 Å². The molecule has 1 saturated heterocycles. The molecule has 0 N–H and O–H groups in total. The first-order chi connectivity index (χ1) is 15.5. The molecule has 1 aliphatic heterocycles. The van der Waals surface area contributed by atoms with Crippen molar-refractivity contribution in [1.82, 2.24) is 14.1 Å². The fraction of sp³-hybridized carbons (Fsp3) is 0.280. The van der Waals surface area contributed by atoms with Gasteiger partial charge in [0, 0.05) is 54.6 Å². The largest absolute Gasteiger partial charge is 0.378 e. The Morgan fingerprint density at radius 2 is 1.94 bits per heavy atom. The second kappa shape index (κ2) is 8.45. The molecule has 4 heterocycles. The first kappa shape index (κ1) is 20.8. The summed E-state index contributed by atoms with van der Waals surface area (Å²) < 4.78 is 9.18. The summed E-state index contributed by atoms with van der Waals surface area (Å²) in [6.45, 7) is 5.62. The Balaban J connectivity index is 1.49. The molecule has 0 bridgehead atoms. The van der Waals surface area contributed by atoms with Crippen LogP contribution in [0.5, 0.6) is 0 Å². The number of rotatable bonds is 4. The van der Waals surface area contributed by atoms with Gasteiger partial charge in [0.05, 0.1) is 31.6 Å². The number of anilines is 1. The molecule has 164 valence electrons. The van der Waals surface area contributed by atoms with E-state index in [0.717, 1.165) is 65.3 Å². The second-order valence-electron chi connectivity index (χ2n) is 8.28. The molecule has 7 heteroatoms. The fourth-order valence-electron chi connectivity index (χ4n) is 4.21. The predicted octanol–water partition coefficient (Wildman–Crippen LogP) is 4.25. The molecule has 32 heavy (non-hydrogen) atoms. The topological polar surface area (TPSA) is 52.3 Å². The van der Waals surface area contributed by atoms with Crippen molar-refractivity contribution >= 4 is 28.3 Å². The summed E-state index contributed by atoms with van der Waals surface area (Å²) in [5, 5.41) is 1.76. The molecule has 0 aliphatic carbocycles.